The quantitative estimate of drug-likeness (QED) is 0.640. The van der Waals surface area contributed by atoms with E-state index in [1.165, 1.54) is 12.1 Å². The van der Waals surface area contributed by atoms with E-state index in [0.717, 1.165) is 28.2 Å². The van der Waals surface area contributed by atoms with Crippen molar-refractivity contribution >= 4 is 23.8 Å². The van der Waals surface area contributed by atoms with Crippen LogP contribution in [0.1, 0.15) is 28.1 Å². The van der Waals surface area contributed by atoms with Crippen LogP contribution in [0.2, 0.25) is 5.02 Å². The van der Waals surface area contributed by atoms with Gasteiger partial charge < -0.3 is 0 Å². The number of halogens is 2. The second kappa shape index (κ2) is 6.92. The summed E-state index contributed by atoms with van der Waals surface area (Å²) in [6.45, 7) is 3.90. The van der Waals surface area contributed by atoms with Gasteiger partial charge in [0.1, 0.15) is 11.9 Å². The molecule has 0 bridgehead atoms. The van der Waals surface area contributed by atoms with Gasteiger partial charge >= 0.3 is 0 Å². The maximum atomic E-state index is 13.0. The van der Waals surface area contributed by atoms with Crippen LogP contribution in [0.15, 0.2) is 42.5 Å². The highest BCUT2D eigenvalue weighted by atomic mass is 35.5. The average molecular weight is 352 g/mol. The van der Waals surface area contributed by atoms with E-state index < -0.39 is 0 Å². The number of rotatable bonds is 3. The van der Waals surface area contributed by atoms with Gasteiger partial charge in [0.2, 0.25) is 0 Å². The maximum Gasteiger partial charge on any atom is 0.123 e. The number of nitrogens with zero attached hydrogens (tertiary/aromatic N) is 3. The van der Waals surface area contributed by atoms with Crippen LogP contribution in [0.3, 0.4) is 0 Å². The van der Waals surface area contributed by atoms with Crippen molar-refractivity contribution in [3.8, 4) is 11.8 Å². The Labute approximate surface area is 150 Å². The number of hydrogen-bond acceptors (Lipinski definition) is 2. The third kappa shape index (κ3) is 3.47. The van der Waals surface area contributed by atoms with Crippen LogP contribution in [0.5, 0.6) is 0 Å². The van der Waals surface area contributed by atoms with E-state index in [0.29, 0.717) is 10.6 Å². The van der Waals surface area contributed by atoms with Gasteiger partial charge in [-0.15, -0.1) is 0 Å². The van der Waals surface area contributed by atoms with Crippen molar-refractivity contribution < 1.29 is 4.39 Å². The van der Waals surface area contributed by atoms with Crippen LogP contribution in [0.25, 0.3) is 17.8 Å². The van der Waals surface area contributed by atoms with Crippen molar-refractivity contribution in [2.45, 2.75) is 13.8 Å². The molecule has 124 valence electrons. The summed E-state index contributed by atoms with van der Waals surface area (Å²) in [6, 6.07) is 13.6. The minimum absolute atomic E-state index is 0.255. The van der Waals surface area contributed by atoms with E-state index in [1.54, 1.807) is 28.9 Å². The molecule has 0 N–H and O–H groups in total. The van der Waals surface area contributed by atoms with E-state index in [-0.39, 0.29) is 5.82 Å². The zero-order chi connectivity index (χ0) is 18.0. The van der Waals surface area contributed by atoms with Gasteiger partial charge in [0.05, 0.1) is 22.0 Å². The lowest BCUT2D eigenvalue weighted by molar-refractivity contribution is 0.628. The molecule has 0 atom stereocenters. The molecule has 3 aromatic rings. The molecule has 0 unspecified atom stereocenters. The molecule has 0 saturated carbocycles. The monoisotopic (exact) mass is 351 g/mol. The summed E-state index contributed by atoms with van der Waals surface area (Å²) in [6.07, 6.45) is 3.89. The zero-order valence-electron chi connectivity index (χ0n) is 13.8. The number of nitriles is 1. The third-order valence-corrected chi connectivity index (χ3v) is 4.29. The Morgan fingerprint density at radius 1 is 1.12 bits per heavy atom. The predicted molar refractivity (Wildman–Crippen MR) is 98.1 cm³/mol. The van der Waals surface area contributed by atoms with Crippen molar-refractivity contribution in [1.82, 2.24) is 9.78 Å². The van der Waals surface area contributed by atoms with E-state index in [9.17, 15) is 4.39 Å². The lowest BCUT2D eigenvalue weighted by Crippen LogP contribution is -1.99. The van der Waals surface area contributed by atoms with E-state index in [4.69, 9.17) is 16.9 Å². The first-order valence-electron chi connectivity index (χ1n) is 7.69. The lowest BCUT2D eigenvalue weighted by Gasteiger charge is -2.06. The summed E-state index contributed by atoms with van der Waals surface area (Å²) >= 11 is 6.12. The molecular formula is C20H15ClFN3. The molecule has 0 aliphatic carbocycles. The van der Waals surface area contributed by atoms with Crippen LogP contribution >= 0.6 is 11.6 Å². The molecule has 3 nitrogen and oxygen atoms in total. The van der Waals surface area contributed by atoms with E-state index in [2.05, 4.69) is 5.10 Å². The second-order valence-corrected chi connectivity index (χ2v) is 6.06. The molecule has 25 heavy (non-hydrogen) atoms. The van der Waals surface area contributed by atoms with Crippen molar-refractivity contribution in [3.63, 3.8) is 0 Å². The predicted octanol–water partition coefficient (Wildman–Crippen LogP) is 5.32. The first kappa shape index (κ1) is 16.9. The molecule has 0 spiro atoms. The Bertz CT molecular complexity index is 995. The Kier molecular flexibility index (Phi) is 4.69. The smallest absolute Gasteiger partial charge is 0.123 e. The number of aryl methyl sites for hydroxylation is 1. The topological polar surface area (TPSA) is 41.6 Å². The van der Waals surface area contributed by atoms with Gasteiger partial charge in [-0.3, -0.25) is 0 Å². The molecular weight excluding hydrogens is 337 g/mol. The van der Waals surface area contributed by atoms with E-state index in [1.807, 2.05) is 38.1 Å². The van der Waals surface area contributed by atoms with E-state index >= 15 is 0 Å². The lowest BCUT2D eigenvalue weighted by atomic mass is 10.1. The standard InChI is InChI=1S/C20H15ClFN3/c1-13-19(10-5-15-3-7-17(22)8-4-15)14(2)25(24-13)18-9-6-16(12-23)20(21)11-18/h3-11H,1-2H3. The molecule has 0 fully saturated rings. The first-order valence-corrected chi connectivity index (χ1v) is 8.07. The average Bonchev–Trinajstić information content (AvgIpc) is 2.89. The molecule has 0 radical (unpaired) electrons. The Hall–Kier alpha value is -2.90. The van der Waals surface area contributed by atoms with Crippen molar-refractivity contribution in [3.05, 3.63) is 81.4 Å². The fourth-order valence-corrected chi connectivity index (χ4v) is 2.84. The summed E-state index contributed by atoms with van der Waals surface area (Å²) in [4.78, 5) is 0. The molecule has 0 aliphatic heterocycles. The van der Waals surface area contributed by atoms with Gasteiger partial charge in [0, 0.05) is 11.3 Å². The van der Waals surface area contributed by atoms with Gasteiger partial charge in [0.15, 0.2) is 0 Å². The van der Waals surface area contributed by atoms with Crippen LogP contribution in [0, 0.1) is 31.0 Å². The number of hydrogen-bond donors (Lipinski definition) is 0. The summed E-state index contributed by atoms with van der Waals surface area (Å²) in [5, 5.41) is 14.0. The third-order valence-electron chi connectivity index (χ3n) is 3.98. The van der Waals surface area contributed by atoms with Crippen LogP contribution < -0.4 is 0 Å². The fraction of sp³-hybridized carbons (Fsp3) is 0.100. The van der Waals surface area contributed by atoms with Gasteiger partial charge in [-0.1, -0.05) is 35.9 Å². The summed E-state index contributed by atoms with van der Waals surface area (Å²) in [5.74, 6) is -0.255. The van der Waals surface area contributed by atoms with Gasteiger partial charge in [-0.25, -0.2) is 9.07 Å². The molecule has 2 aromatic carbocycles. The molecule has 5 heteroatoms. The molecule has 1 aromatic heterocycles. The molecule has 0 saturated heterocycles. The number of benzene rings is 2. The highest BCUT2D eigenvalue weighted by Crippen LogP contribution is 2.24. The first-order chi connectivity index (χ1) is 12.0. The molecule has 0 aliphatic rings. The fourth-order valence-electron chi connectivity index (χ4n) is 2.63. The normalized spacial score (nSPS) is 11.0. The largest absolute Gasteiger partial charge is 0.237 e. The van der Waals surface area contributed by atoms with Crippen LogP contribution in [-0.2, 0) is 0 Å². The Balaban J connectivity index is 1.97. The van der Waals surface area contributed by atoms with Crippen LogP contribution in [0.4, 0.5) is 4.39 Å². The van der Waals surface area contributed by atoms with Crippen molar-refractivity contribution in [1.29, 1.82) is 5.26 Å². The zero-order valence-corrected chi connectivity index (χ0v) is 14.5. The van der Waals surface area contributed by atoms with Crippen molar-refractivity contribution in [2.75, 3.05) is 0 Å². The number of aromatic nitrogens is 2. The highest BCUT2D eigenvalue weighted by molar-refractivity contribution is 6.31. The maximum absolute atomic E-state index is 13.0. The van der Waals surface area contributed by atoms with Crippen LogP contribution in [-0.4, -0.2) is 9.78 Å². The van der Waals surface area contributed by atoms with Gasteiger partial charge in [0.25, 0.3) is 0 Å². The Morgan fingerprint density at radius 3 is 2.48 bits per heavy atom. The second-order valence-electron chi connectivity index (χ2n) is 5.66. The minimum Gasteiger partial charge on any atom is -0.237 e. The SMILES string of the molecule is Cc1nn(-c2ccc(C#N)c(Cl)c2)c(C)c1C=Cc1ccc(F)cc1. The summed E-state index contributed by atoms with van der Waals surface area (Å²) in [7, 11) is 0. The highest BCUT2D eigenvalue weighted by Gasteiger charge is 2.12. The summed E-state index contributed by atoms with van der Waals surface area (Å²) < 4.78 is 14.8. The van der Waals surface area contributed by atoms with Gasteiger partial charge in [-0.05, 0) is 49.7 Å². The minimum atomic E-state index is -0.255. The Morgan fingerprint density at radius 2 is 1.84 bits per heavy atom. The van der Waals surface area contributed by atoms with Crippen molar-refractivity contribution in [2.24, 2.45) is 0 Å². The molecule has 0 amide bonds. The summed E-state index contributed by atoms with van der Waals surface area (Å²) in [5.41, 5.74) is 4.96. The molecule has 3 rings (SSSR count). The molecule has 1 heterocycles. The van der Waals surface area contributed by atoms with Gasteiger partial charge in [-0.2, -0.15) is 10.4 Å².